The molecule has 0 heterocycles. The summed E-state index contributed by atoms with van der Waals surface area (Å²) in [4.78, 5) is 42.1. The minimum Gasteiger partial charge on any atom is -0.481 e. The first-order valence-corrected chi connectivity index (χ1v) is 17.2. The second-order valence-electron chi connectivity index (χ2n) is 17.2. The number of carbonyl (C=O) groups excluding carboxylic acids is 2. The van der Waals surface area contributed by atoms with E-state index < -0.39 is 5.97 Å². The Morgan fingerprint density at radius 1 is 0.909 bits per heavy atom. The van der Waals surface area contributed by atoms with Crippen molar-refractivity contribution in [3.05, 3.63) is 11.6 Å². The van der Waals surface area contributed by atoms with Gasteiger partial charge in [0, 0.05) is 18.3 Å². The number of hydrogen-bond donors (Lipinski definition) is 1. The van der Waals surface area contributed by atoms with Crippen molar-refractivity contribution >= 4 is 23.6 Å². The largest absolute Gasteiger partial charge is 0.481 e. The van der Waals surface area contributed by atoms with Crippen molar-refractivity contribution in [3.63, 3.8) is 0 Å². The van der Waals surface area contributed by atoms with Gasteiger partial charge < -0.3 is 14.7 Å². The molecule has 0 aromatic rings. The average molecular weight is 612 g/mol. The van der Waals surface area contributed by atoms with Crippen LogP contribution in [0.25, 0.3) is 0 Å². The van der Waals surface area contributed by atoms with Gasteiger partial charge in [-0.2, -0.15) is 0 Å². The first kappa shape index (κ1) is 33.2. The van der Waals surface area contributed by atoms with E-state index in [9.17, 15) is 14.4 Å². The number of allylic oxidation sites excluding steroid dienone is 2. The standard InChI is InChI=1S/C37H57NO6/c1-32(2)19-21-37(31(42)43-8)22-20-35(6)24(25(37)23-32)13-14-27-34(5)17-16-28(33(3,4)26(34)15-18-36(27,35)7)38-44-30(41)12-10-9-11-29(39)40/h13,25-27H,9-12,14-23H2,1-8H3,(H,39,40)/b38-28+/t25-,26-,27+,34-,35+,36+,37-/m0/s1. The van der Waals surface area contributed by atoms with Crippen LogP contribution in [0.1, 0.15) is 138 Å². The second kappa shape index (κ2) is 11.3. The third kappa shape index (κ3) is 5.07. The highest BCUT2D eigenvalue weighted by Crippen LogP contribution is 2.75. The molecule has 0 radical (unpaired) electrons. The summed E-state index contributed by atoms with van der Waals surface area (Å²) in [7, 11) is 1.57. The van der Waals surface area contributed by atoms with Gasteiger partial charge in [0.25, 0.3) is 0 Å². The summed E-state index contributed by atoms with van der Waals surface area (Å²) in [5.74, 6) is -0.00941. The molecule has 7 atom stereocenters. The van der Waals surface area contributed by atoms with Crippen LogP contribution in [0, 0.1) is 50.2 Å². The number of esters is 1. The van der Waals surface area contributed by atoms with Crippen LogP contribution in [0.15, 0.2) is 16.8 Å². The van der Waals surface area contributed by atoms with E-state index >= 15 is 0 Å². The maximum Gasteiger partial charge on any atom is 0.335 e. The van der Waals surface area contributed by atoms with Crippen molar-refractivity contribution in [3.8, 4) is 0 Å². The van der Waals surface area contributed by atoms with Crippen molar-refractivity contribution in [2.45, 2.75) is 138 Å². The number of methoxy groups -OCH3 is 1. The Balaban J connectivity index is 1.40. The Hall–Kier alpha value is -2.18. The van der Waals surface area contributed by atoms with Crippen molar-refractivity contribution in [2.75, 3.05) is 7.11 Å². The number of carboxylic acids is 1. The normalized spacial score (nSPS) is 41.2. The van der Waals surface area contributed by atoms with Gasteiger partial charge in [-0.15, -0.1) is 0 Å². The van der Waals surface area contributed by atoms with Gasteiger partial charge in [-0.25, -0.2) is 4.79 Å². The fourth-order valence-electron chi connectivity index (χ4n) is 11.5. The molecule has 0 bridgehead atoms. The molecule has 246 valence electrons. The lowest BCUT2D eigenvalue weighted by Gasteiger charge is -2.70. The third-order valence-corrected chi connectivity index (χ3v) is 14.3. The fourth-order valence-corrected chi connectivity index (χ4v) is 11.5. The van der Waals surface area contributed by atoms with Gasteiger partial charge in [0.2, 0.25) is 0 Å². The van der Waals surface area contributed by atoms with Gasteiger partial charge in [0.05, 0.1) is 18.2 Å². The van der Waals surface area contributed by atoms with Crippen LogP contribution in [0.5, 0.6) is 0 Å². The van der Waals surface area contributed by atoms with Gasteiger partial charge in [-0.1, -0.05) is 65.3 Å². The SMILES string of the molecule is COC(=O)[C@]12CCC(C)(C)C[C@H]1C1=CC[C@@H]3[C@@]4(C)CC/C(=N\OC(=O)CCCCC(=O)O)C(C)(C)[C@@H]4CC[C@@]3(C)[C@]1(C)CC2. The molecule has 0 amide bonds. The number of hydrogen-bond acceptors (Lipinski definition) is 6. The van der Waals surface area contributed by atoms with E-state index in [1.165, 1.54) is 0 Å². The molecule has 0 aromatic heterocycles. The smallest absolute Gasteiger partial charge is 0.335 e. The highest BCUT2D eigenvalue weighted by Gasteiger charge is 2.69. The number of oxime groups is 1. The van der Waals surface area contributed by atoms with E-state index in [1.807, 2.05) is 0 Å². The molecule has 5 aliphatic rings. The fraction of sp³-hybridized carbons (Fsp3) is 0.838. The van der Waals surface area contributed by atoms with Crippen molar-refractivity contribution in [1.82, 2.24) is 0 Å². The molecule has 4 saturated carbocycles. The maximum atomic E-state index is 13.5. The summed E-state index contributed by atoms with van der Waals surface area (Å²) in [5.41, 5.74) is 2.49. The van der Waals surface area contributed by atoms with E-state index in [4.69, 9.17) is 14.7 Å². The average Bonchev–Trinajstić information content (AvgIpc) is 2.94. The van der Waals surface area contributed by atoms with Gasteiger partial charge in [0.1, 0.15) is 0 Å². The Bertz CT molecular complexity index is 1250. The second-order valence-corrected chi connectivity index (χ2v) is 17.2. The molecule has 7 nitrogen and oxygen atoms in total. The molecule has 1 N–H and O–H groups in total. The Labute approximate surface area is 265 Å². The maximum absolute atomic E-state index is 13.5. The van der Waals surface area contributed by atoms with Crippen molar-refractivity contribution in [2.24, 2.45) is 55.4 Å². The number of aliphatic carboxylic acids is 1. The lowest BCUT2D eigenvalue weighted by Crippen LogP contribution is -2.64. The molecule has 5 rings (SSSR count). The van der Waals surface area contributed by atoms with E-state index in [1.54, 1.807) is 12.7 Å². The zero-order chi connectivity index (χ0) is 32.3. The number of ether oxygens (including phenoxy) is 1. The first-order valence-electron chi connectivity index (χ1n) is 17.2. The number of carboxylic acid groups (broad SMARTS) is 1. The van der Waals surface area contributed by atoms with E-state index in [0.717, 1.165) is 69.9 Å². The number of fused-ring (bicyclic) bond motifs is 7. The number of rotatable bonds is 7. The van der Waals surface area contributed by atoms with Crippen LogP contribution >= 0.6 is 0 Å². The van der Waals surface area contributed by atoms with Gasteiger partial charge in [-0.05, 0) is 116 Å². The molecule has 4 fully saturated rings. The van der Waals surface area contributed by atoms with Gasteiger partial charge in [0.15, 0.2) is 0 Å². The highest BCUT2D eigenvalue weighted by atomic mass is 16.7. The first-order chi connectivity index (χ1) is 20.5. The van der Waals surface area contributed by atoms with Crippen LogP contribution in [0.2, 0.25) is 0 Å². The lowest BCUT2D eigenvalue weighted by atomic mass is 9.33. The lowest BCUT2D eigenvalue weighted by molar-refractivity contribution is -0.181. The predicted octanol–water partition coefficient (Wildman–Crippen LogP) is 8.51. The van der Waals surface area contributed by atoms with E-state index in [0.29, 0.717) is 24.7 Å². The number of unbranched alkanes of at least 4 members (excludes halogenated alkanes) is 1. The molecule has 0 aromatic carbocycles. The van der Waals surface area contributed by atoms with Crippen LogP contribution in [-0.2, 0) is 24.0 Å². The van der Waals surface area contributed by atoms with Gasteiger partial charge >= 0.3 is 17.9 Å². The zero-order valence-electron chi connectivity index (χ0n) is 28.6. The molecule has 0 aliphatic heterocycles. The van der Waals surface area contributed by atoms with Crippen molar-refractivity contribution < 1.29 is 29.1 Å². The Morgan fingerprint density at radius 3 is 2.27 bits per heavy atom. The summed E-state index contributed by atoms with van der Waals surface area (Å²) in [6.07, 6.45) is 14.0. The molecule has 0 unspecified atom stereocenters. The monoisotopic (exact) mass is 611 g/mol. The van der Waals surface area contributed by atoms with E-state index in [-0.39, 0.29) is 63.2 Å². The molecule has 5 aliphatic carbocycles. The van der Waals surface area contributed by atoms with Crippen molar-refractivity contribution in [1.29, 1.82) is 0 Å². The topological polar surface area (TPSA) is 102 Å². The summed E-state index contributed by atoms with van der Waals surface area (Å²) in [5, 5.41) is 13.3. The molecule has 0 spiro atoms. The Morgan fingerprint density at radius 2 is 1.59 bits per heavy atom. The summed E-state index contributed by atoms with van der Waals surface area (Å²) in [6.45, 7) is 17.0. The molecule has 7 heteroatoms. The molecular formula is C37H57NO6. The summed E-state index contributed by atoms with van der Waals surface area (Å²) in [6, 6.07) is 0. The van der Waals surface area contributed by atoms with E-state index in [2.05, 4.69) is 59.7 Å². The quantitative estimate of drug-likeness (QED) is 0.102. The molecular weight excluding hydrogens is 554 g/mol. The Kier molecular flexibility index (Phi) is 8.49. The van der Waals surface area contributed by atoms with Crippen LogP contribution in [0.3, 0.4) is 0 Å². The third-order valence-electron chi connectivity index (χ3n) is 14.3. The van der Waals surface area contributed by atoms with Gasteiger partial charge in [-0.3, -0.25) is 9.59 Å². The van der Waals surface area contributed by atoms with Crippen LogP contribution in [-0.4, -0.2) is 35.8 Å². The summed E-state index contributed by atoms with van der Waals surface area (Å²) >= 11 is 0. The minimum absolute atomic E-state index is 0.00528. The number of carbonyl (C=O) groups is 3. The highest BCUT2D eigenvalue weighted by molar-refractivity contribution is 5.91. The minimum atomic E-state index is -0.844. The summed E-state index contributed by atoms with van der Waals surface area (Å²) < 4.78 is 5.52. The van der Waals surface area contributed by atoms with Crippen LogP contribution < -0.4 is 0 Å². The molecule has 44 heavy (non-hydrogen) atoms. The predicted molar refractivity (Wildman–Crippen MR) is 171 cm³/mol. The molecule has 0 saturated heterocycles. The van der Waals surface area contributed by atoms with Crippen LogP contribution in [0.4, 0.5) is 0 Å². The number of nitrogens with zero attached hydrogens (tertiary/aromatic N) is 1. The zero-order valence-corrected chi connectivity index (χ0v) is 28.6.